The predicted molar refractivity (Wildman–Crippen MR) is 163 cm³/mol. The van der Waals surface area contributed by atoms with Crippen molar-refractivity contribution in [2.24, 2.45) is 0 Å². The Hall–Kier alpha value is -1.95. The van der Waals surface area contributed by atoms with Crippen molar-refractivity contribution in [3.8, 4) is 0 Å². The highest BCUT2D eigenvalue weighted by Crippen LogP contribution is 2.56. The van der Waals surface area contributed by atoms with Crippen molar-refractivity contribution in [3.63, 3.8) is 0 Å². The number of thiocarbonyl (C=S) groups is 1. The maximum atomic E-state index is 13.1. The summed E-state index contributed by atoms with van der Waals surface area (Å²) >= 11 is 5.71. The lowest BCUT2D eigenvalue weighted by molar-refractivity contribution is -0.130. The minimum Gasteiger partial charge on any atom is -0.456 e. The molecule has 14 heteroatoms. The topological polar surface area (TPSA) is 119 Å². The Balaban J connectivity index is 1.96. The molecule has 1 N–H and O–H groups in total. The average Bonchev–Trinajstić information content (AvgIpc) is 3.46. The first-order valence-electron chi connectivity index (χ1n) is 14.3. The van der Waals surface area contributed by atoms with Crippen molar-refractivity contribution >= 4 is 34.5 Å². The van der Waals surface area contributed by atoms with Crippen LogP contribution in [0.1, 0.15) is 75.5 Å². The summed E-state index contributed by atoms with van der Waals surface area (Å²) in [6.07, 6.45) is 4.55. The average molecular weight is 625 g/mol. The summed E-state index contributed by atoms with van der Waals surface area (Å²) < 4.78 is 38.0. The molecule has 2 aromatic heterocycles. The van der Waals surface area contributed by atoms with Crippen LogP contribution in [0.25, 0.3) is 0 Å². The van der Waals surface area contributed by atoms with Gasteiger partial charge in [-0.05, 0) is 48.2 Å². The van der Waals surface area contributed by atoms with Crippen LogP contribution in [0.5, 0.6) is 0 Å². The van der Waals surface area contributed by atoms with Gasteiger partial charge in [0.1, 0.15) is 18.0 Å². The third-order valence-electron chi connectivity index (χ3n) is 8.85. The van der Waals surface area contributed by atoms with E-state index in [-0.39, 0.29) is 33.9 Å². The van der Waals surface area contributed by atoms with Crippen LogP contribution in [0.2, 0.25) is 22.2 Å². The van der Waals surface area contributed by atoms with Gasteiger partial charge in [-0.2, -0.15) is 0 Å². The number of ether oxygens (including phenoxy) is 2. The Morgan fingerprint density at radius 1 is 1.05 bits per heavy atom. The maximum Gasteiger partial charge on any atom is 0.335 e. The van der Waals surface area contributed by atoms with E-state index in [0.29, 0.717) is 0 Å². The molecule has 4 rings (SSSR count). The fourth-order valence-electron chi connectivity index (χ4n) is 6.25. The number of hydrogen-bond acceptors (Lipinski definition) is 9. The SMILES string of the molecule is CC(C)[Si]1(C(C)C)OC[C@H]2O[C@@H](n3ccc(=O)[nH]c3=O)C(C)(OC(=S)n3ccnc3)C2(C)O[Si](C(C)C)(C(C)C)O1. The van der Waals surface area contributed by atoms with Crippen LogP contribution in [0, 0.1) is 0 Å². The number of nitrogens with zero attached hydrogens (tertiary/aromatic N) is 3. The second-order valence-corrected chi connectivity index (χ2v) is 21.8. The van der Waals surface area contributed by atoms with E-state index in [2.05, 4.69) is 65.4 Å². The number of rotatable bonds is 6. The van der Waals surface area contributed by atoms with Gasteiger partial charge in [0.05, 0.1) is 6.61 Å². The van der Waals surface area contributed by atoms with Gasteiger partial charge in [-0.25, -0.2) is 9.78 Å². The summed E-state index contributed by atoms with van der Waals surface area (Å²) in [5, 5.41) is 0.111. The van der Waals surface area contributed by atoms with Crippen LogP contribution in [0.3, 0.4) is 0 Å². The molecule has 11 nitrogen and oxygen atoms in total. The quantitative estimate of drug-likeness (QED) is 0.364. The Labute approximate surface area is 249 Å². The number of hydrogen-bond donors (Lipinski definition) is 1. The zero-order valence-corrected chi connectivity index (χ0v) is 28.5. The van der Waals surface area contributed by atoms with Gasteiger partial charge in [0.15, 0.2) is 11.8 Å². The van der Waals surface area contributed by atoms with Crippen molar-refractivity contribution in [1.82, 2.24) is 19.1 Å². The highest BCUT2D eigenvalue weighted by molar-refractivity contribution is 7.80. The van der Waals surface area contributed by atoms with Crippen molar-refractivity contribution in [3.05, 3.63) is 51.8 Å². The smallest absolute Gasteiger partial charge is 0.335 e. The van der Waals surface area contributed by atoms with Gasteiger partial charge in [-0.1, -0.05) is 55.4 Å². The Kier molecular flexibility index (Phi) is 8.80. The highest BCUT2D eigenvalue weighted by atomic mass is 32.1. The zero-order chi connectivity index (χ0) is 30.5. The first kappa shape index (κ1) is 32.0. The van der Waals surface area contributed by atoms with Gasteiger partial charge in [0.25, 0.3) is 10.7 Å². The molecule has 0 aromatic carbocycles. The van der Waals surface area contributed by atoms with E-state index in [1.165, 1.54) is 16.8 Å². The highest BCUT2D eigenvalue weighted by Gasteiger charge is 2.72. The van der Waals surface area contributed by atoms with Gasteiger partial charge in [0, 0.05) is 24.7 Å². The van der Waals surface area contributed by atoms with E-state index in [4.69, 9.17) is 34.7 Å². The summed E-state index contributed by atoms with van der Waals surface area (Å²) in [4.78, 5) is 31.5. The molecule has 41 heavy (non-hydrogen) atoms. The molecule has 0 bridgehead atoms. The standard InChI is InChI=1S/C27H44N4O7SSi2/c1-17(2)40(18(3)4)34-15-21-26(9,37-41(38-40,19(5)6)20(7)8)27(10,36-25(39)30-14-12-28-16-30)23(35-21)31-13-11-22(32)29-24(31)33/h11-14,16-21,23H,15H2,1-10H3,(H,29,32,33)/t21-,23-,26?,27?/m1/s1. The number of H-pyrrole nitrogens is 1. The first-order chi connectivity index (χ1) is 19.0. The van der Waals surface area contributed by atoms with Gasteiger partial charge >= 0.3 is 22.8 Å². The van der Waals surface area contributed by atoms with Crippen LogP contribution < -0.4 is 11.2 Å². The molecule has 2 fully saturated rings. The van der Waals surface area contributed by atoms with Gasteiger partial charge in [-0.15, -0.1) is 0 Å². The third-order valence-corrected chi connectivity index (χ3v) is 19.5. The van der Waals surface area contributed by atoms with E-state index in [1.54, 1.807) is 23.3 Å². The summed E-state index contributed by atoms with van der Waals surface area (Å²) in [6, 6.07) is 1.28. The maximum absolute atomic E-state index is 13.1. The number of aromatic nitrogens is 4. The van der Waals surface area contributed by atoms with Crippen molar-refractivity contribution in [1.29, 1.82) is 0 Å². The summed E-state index contributed by atoms with van der Waals surface area (Å²) in [5.74, 6) is 0. The molecule has 0 amide bonds. The molecule has 2 unspecified atom stereocenters. The lowest BCUT2D eigenvalue weighted by Crippen LogP contribution is -2.71. The first-order valence-corrected chi connectivity index (χ1v) is 18.6. The number of imidazole rings is 1. The molecule has 2 aliphatic heterocycles. The van der Waals surface area contributed by atoms with Crippen molar-refractivity contribution in [2.45, 2.75) is 115 Å². The lowest BCUT2D eigenvalue weighted by atomic mass is 9.83. The number of aromatic amines is 1. The van der Waals surface area contributed by atoms with E-state index in [0.717, 1.165) is 0 Å². The molecule has 2 aromatic rings. The van der Waals surface area contributed by atoms with Gasteiger partial charge in [0.2, 0.25) is 0 Å². The minimum atomic E-state index is -3.13. The van der Waals surface area contributed by atoms with E-state index in [9.17, 15) is 9.59 Å². The van der Waals surface area contributed by atoms with E-state index >= 15 is 0 Å². The minimum absolute atomic E-state index is 0.0470. The molecule has 2 saturated heterocycles. The molecule has 0 aliphatic carbocycles. The molecular formula is C27H44N4O7SSi2. The lowest BCUT2D eigenvalue weighted by Gasteiger charge is -2.55. The normalized spacial score (nSPS) is 29.5. The summed E-state index contributed by atoms with van der Waals surface area (Å²) in [5.41, 5.74) is -3.31. The fraction of sp³-hybridized carbons (Fsp3) is 0.704. The van der Waals surface area contributed by atoms with E-state index in [1.807, 2.05) is 13.8 Å². The van der Waals surface area contributed by atoms with Crippen molar-refractivity contribution < 1.29 is 22.4 Å². The van der Waals surface area contributed by atoms with Crippen LogP contribution in [-0.4, -0.2) is 65.3 Å². The third kappa shape index (κ3) is 5.14. The van der Waals surface area contributed by atoms with Crippen LogP contribution in [-0.2, 0) is 22.4 Å². The predicted octanol–water partition coefficient (Wildman–Crippen LogP) is 4.59. The molecular weight excluding hydrogens is 581 g/mol. The zero-order valence-electron chi connectivity index (χ0n) is 25.7. The summed E-state index contributed by atoms with van der Waals surface area (Å²) in [6.45, 7) is 21.1. The Morgan fingerprint density at radius 3 is 2.17 bits per heavy atom. The Bertz CT molecular complexity index is 1350. The monoisotopic (exact) mass is 624 g/mol. The number of nitrogens with one attached hydrogen (secondary N) is 1. The van der Waals surface area contributed by atoms with Gasteiger partial charge in [-0.3, -0.25) is 18.9 Å². The van der Waals surface area contributed by atoms with Gasteiger partial charge < -0.3 is 22.4 Å². The van der Waals surface area contributed by atoms with Crippen LogP contribution >= 0.6 is 12.2 Å². The summed E-state index contributed by atoms with van der Waals surface area (Å²) in [7, 11) is -5.98. The fourth-order valence-corrected chi connectivity index (χ4v) is 17.9. The van der Waals surface area contributed by atoms with E-state index < -0.39 is 51.9 Å². The molecule has 4 heterocycles. The molecule has 4 atom stereocenters. The molecule has 0 radical (unpaired) electrons. The molecule has 0 saturated carbocycles. The van der Waals surface area contributed by atoms with Crippen LogP contribution in [0.15, 0.2) is 40.6 Å². The molecule has 0 spiro atoms. The second-order valence-electron chi connectivity index (χ2n) is 12.6. The Morgan fingerprint density at radius 2 is 1.66 bits per heavy atom. The molecule has 2 aliphatic rings. The number of fused-ring (bicyclic) bond motifs is 1. The largest absolute Gasteiger partial charge is 0.456 e. The van der Waals surface area contributed by atoms with Crippen molar-refractivity contribution in [2.75, 3.05) is 6.61 Å². The molecule has 228 valence electrons. The second kappa shape index (κ2) is 11.3. The van der Waals surface area contributed by atoms with Crippen LogP contribution in [0.4, 0.5) is 0 Å².